The number of carbonyl (C=O) groups is 1. The van der Waals surface area contributed by atoms with Crippen molar-refractivity contribution in [3.05, 3.63) is 83.7 Å². The van der Waals surface area contributed by atoms with E-state index >= 15 is 0 Å². The minimum Gasteiger partial charge on any atom is -0.493 e. The summed E-state index contributed by atoms with van der Waals surface area (Å²) in [5.74, 6) is -0.0397. The zero-order valence-electron chi connectivity index (χ0n) is 16.9. The molecule has 0 atom stereocenters. The second-order valence-corrected chi connectivity index (χ2v) is 8.19. The monoisotopic (exact) mass is 444 g/mol. The van der Waals surface area contributed by atoms with Gasteiger partial charge in [0.05, 0.1) is 19.1 Å². The first kappa shape index (κ1) is 22.1. The number of anilines is 1. The third-order valence-electron chi connectivity index (χ3n) is 4.41. The standard InChI is InChI=1S/C22H21FN2O5S/c1-29-20-11-10-19(13-21(20)30-2)31(27,28)25-18-8-6-16(7-9-18)22(26)24-14-15-4-3-5-17(23)12-15/h3-13,25H,14H2,1-2H3,(H,24,26). The molecule has 0 fully saturated rings. The van der Waals surface area contributed by atoms with Gasteiger partial charge < -0.3 is 14.8 Å². The van der Waals surface area contributed by atoms with Gasteiger partial charge in [0.25, 0.3) is 15.9 Å². The summed E-state index contributed by atoms with van der Waals surface area (Å²) in [6, 6.07) is 16.1. The number of carbonyl (C=O) groups excluding carboxylic acids is 1. The van der Waals surface area contributed by atoms with Crippen molar-refractivity contribution < 1.29 is 27.1 Å². The zero-order valence-corrected chi connectivity index (χ0v) is 17.7. The summed E-state index contributed by atoms with van der Waals surface area (Å²) in [4.78, 5) is 12.3. The molecule has 0 aliphatic heterocycles. The number of nitrogens with one attached hydrogen (secondary N) is 2. The van der Waals surface area contributed by atoms with Gasteiger partial charge in [-0.2, -0.15) is 0 Å². The number of rotatable bonds is 8. The Hall–Kier alpha value is -3.59. The summed E-state index contributed by atoms with van der Waals surface area (Å²) in [5.41, 5.74) is 1.26. The van der Waals surface area contributed by atoms with Crippen molar-refractivity contribution in [2.24, 2.45) is 0 Å². The lowest BCUT2D eigenvalue weighted by Gasteiger charge is -2.12. The topological polar surface area (TPSA) is 93.7 Å². The average molecular weight is 444 g/mol. The van der Waals surface area contributed by atoms with E-state index in [-0.39, 0.29) is 34.6 Å². The molecule has 0 radical (unpaired) electrons. The van der Waals surface area contributed by atoms with Crippen molar-refractivity contribution in [2.75, 3.05) is 18.9 Å². The highest BCUT2D eigenvalue weighted by molar-refractivity contribution is 7.92. The highest BCUT2D eigenvalue weighted by Gasteiger charge is 2.17. The summed E-state index contributed by atoms with van der Waals surface area (Å²) in [5, 5.41) is 2.69. The minimum atomic E-state index is -3.88. The number of ether oxygens (including phenoxy) is 2. The molecule has 162 valence electrons. The van der Waals surface area contributed by atoms with Crippen LogP contribution in [-0.4, -0.2) is 28.5 Å². The van der Waals surface area contributed by atoms with Gasteiger partial charge in [-0.25, -0.2) is 12.8 Å². The van der Waals surface area contributed by atoms with Gasteiger partial charge >= 0.3 is 0 Å². The third-order valence-corrected chi connectivity index (χ3v) is 5.79. The molecule has 0 unspecified atom stereocenters. The van der Waals surface area contributed by atoms with E-state index in [1.54, 1.807) is 12.1 Å². The Balaban J connectivity index is 1.67. The SMILES string of the molecule is COc1ccc(S(=O)(=O)Nc2ccc(C(=O)NCc3cccc(F)c3)cc2)cc1OC. The molecule has 9 heteroatoms. The number of hydrogen-bond acceptors (Lipinski definition) is 5. The molecule has 7 nitrogen and oxygen atoms in total. The summed E-state index contributed by atoms with van der Waals surface area (Å²) in [6.45, 7) is 0.171. The van der Waals surface area contributed by atoms with Crippen LogP contribution in [0.2, 0.25) is 0 Å². The Morgan fingerprint density at radius 2 is 1.65 bits per heavy atom. The highest BCUT2D eigenvalue weighted by atomic mass is 32.2. The van der Waals surface area contributed by atoms with E-state index in [2.05, 4.69) is 10.0 Å². The van der Waals surface area contributed by atoms with Crippen LogP contribution in [0, 0.1) is 5.82 Å². The van der Waals surface area contributed by atoms with E-state index < -0.39 is 10.0 Å². The normalized spacial score (nSPS) is 10.9. The Kier molecular flexibility index (Phi) is 6.76. The lowest BCUT2D eigenvalue weighted by molar-refractivity contribution is 0.0951. The Bertz CT molecular complexity index is 1180. The van der Waals surface area contributed by atoms with Crippen LogP contribution in [0.4, 0.5) is 10.1 Å². The summed E-state index contributed by atoms with van der Waals surface area (Å²) < 4.78 is 51.2. The van der Waals surface area contributed by atoms with Gasteiger partial charge in [0.15, 0.2) is 11.5 Å². The zero-order chi connectivity index (χ0) is 22.4. The fourth-order valence-electron chi connectivity index (χ4n) is 2.82. The Morgan fingerprint density at radius 1 is 0.935 bits per heavy atom. The molecule has 3 aromatic rings. The number of methoxy groups -OCH3 is 2. The van der Waals surface area contributed by atoms with Gasteiger partial charge in [-0.05, 0) is 54.1 Å². The number of benzene rings is 3. The van der Waals surface area contributed by atoms with Crippen molar-refractivity contribution in [1.29, 1.82) is 0 Å². The molecule has 0 aliphatic carbocycles. The molecular formula is C22H21FN2O5S. The molecule has 1 amide bonds. The van der Waals surface area contributed by atoms with E-state index in [9.17, 15) is 17.6 Å². The lowest BCUT2D eigenvalue weighted by Crippen LogP contribution is -2.22. The maximum atomic E-state index is 13.2. The van der Waals surface area contributed by atoms with Crippen molar-refractivity contribution in [1.82, 2.24) is 5.32 Å². The second kappa shape index (κ2) is 9.48. The maximum absolute atomic E-state index is 13.2. The van der Waals surface area contributed by atoms with Gasteiger partial charge in [-0.3, -0.25) is 9.52 Å². The summed E-state index contributed by atoms with van der Waals surface area (Å²) >= 11 is 0. The van der Waals surface area contributed by atoms with E-state index in [1.807, 2.05) is 0 Å². The van der Waals surface area contributed by atoms with E-state index in [4.69, 9.17) is 9.47 Å². The molecule has 0 bridgehead atoms. The molecule has 2 N–H and O–H groups in total. The van der Waals surface area contributed by atoms with Gasteiger partial charge in [0, 0.05) is 23.9 Å². The number of halogens is 1. The van der Waals surface area contributed by atoms with Gasteiger partial charge in [-0.1, -0.05) is 12.1 Å². The van der Waals surface area contributed by atoms with Gasteiger partial charge in [0.1, 0.15) is 5.82 Å². The molecule has 0 aliphatic rings. The largest absolute Gasteiger partial charge is 0.493 e. The number of sulfonamides is 1. The van der Waals surface area contributed by atoms with E-state index in [1.165, 1.54) is 68.8 Å². The maximum Gasteiger partial charge on any atom is 0.262 e. The van der Waals surface area contributed by atoms with Crippen molar-refractivity contribution in [3.8, 4) is 11.5 Å². The van der Waals surface area contributed by atoms with Crippen LogP contribution >= 0.6 is 0 Å². The van der Waals surface area contributed by atoms with E-state index in [0.717, 1.165) is 0 Å². The van der Waals surface area contributed by atoms with Crippen molar-refractivity contribution in [2.45, 2.75) is 11.4 Å². The molecule has 0 aromatic heterocycles. The third kappa shape index (κ3) is 5.52. The number of amides is 1. The smallest absolute Gasteiger partial charge is 0.262 e. The van der Waals surface area contributed by atoms with Crippen molar-refractivity contribution in [3.63, 3.8) is 0 Å². The second-order valence-electron chi connectivity index (χ2n) is 6.51. The first-order valence-electron chi connectivity index (χ1n) is 9.20. The molecule has 0 heterocycles. The molecule has 0 spiro atoms. The van der Waals surface area contributed by atoms with E-state index in [0.29, 0.717) is 16.9 Å². The molecule has 3 rings (SSSR count). The average Bonchev–Trinajstić information content (AvgIpc) is 2.77. The molecule has 0 saturated carbocycles. The fourth-order valence-corrected chi connectivity index (χ4v) is 3.89. The predicted molar refractivity (Wildman–Crippen MR) is 114 cm³/mol. The van der Waals surface area contributed by atoms with Crippen LogP contribution in [0.1, 0.15) is 15.9 Å². The molecular weight excluding hydrogens is 423 g/mol. The highest BCUT2D eigenvalue weighted by Crippen LogP contribution is 2.30. The van der Waals surface area contributed by atoms with Crippen LogP contribution in [0.15, 0.2) is 71.6 Å². The quantitative estimate of drug-likeness (QED) is 0.554. The van der Waals surface area contributed by atoms with Crippen LogP contribution in [0.25, 0.3) is 0 Å². The minimum absolute atomic E-state index is 0.00191. The molecule has 0 saturated heterocycles. The fraction of sp³-hybridized carbons (Fsp3) is 0.136. The Morgan fingerprint density at radius 3 is 2.29 bits per heavy atom. The predicted octanol–water partition coefficient (Wildman–Crippen LogP) is 3.57. The summed E-state index contributed by atoms with van der Waals surface area (Å²) in [7, 11) is -1.00. The van der Waals surface area contributed by atoms with Gasteiger partial charge in [0.2, 0.25) is 0 Å². The molecule has 3 aromatic carbocycles. The Labute approximate surface area is 179 Å². The van der Waals surface area contributed by atoms with Crippen molar-refractivity contribution >= 4 is 21.6 Å². The first-order chi connectivity index (χ1) is 14.8. The van der Waals surface area contributed by atoms with Crippen LogP contribution in [0.3, 0.4) is 0 Å². The van der Waals surface area contributed by atoms with Gasteiger partial charge in [-0.15, -0.1) is 0 Å². The van der Waals surface area contributed by atoms with Crippen LogP contribution in [0.5, 0.6) is 11.5 Å². The molecule has 31 heavy (non-hydrogen) atoms. The number of hydrogen-bond donors (Lipinski definition) is 2. The van der Waals surface area contributed by atoms with Crippen LogP contribution < -0.4 is 19.5 Å². The summed E-state index contributed by atoms with van der Waals surface area (Å²) in [6.07, 6.45) is 0. The van der Waals surface area contributed by atoms with Crippen LogP contribution in [-0.2, 0) is 16.6 Å². The first-order valence-corrected chi connectivity index (χ1v) is 10.7. The lowest BCUT2D eigenvalue weighted by atomic mass is 10.2.